The van der Waals surface area contributed by atoms with E-state index in [-0.39, 0.29) is 0 Å². The Morgan fingerprint density at radius 2 is 2.29 bits per heavy atom. The van der Waals surface area contributed by atoms with E-state index >= 15 is 0 Å². The fourth-order valence-corrected chi connectivity index (χ4v) is 2.58. The number of aromatic nitrogens is 2. The number of nitrogens with one attached hydrogen (secondary N) is 1. The van der Waals surface area contributed by atoms with Crippen LogP contribution in [-0.4, -0.2) is 30.2 Å². The summed E-state index contributed by atoms with van der Waals surface area (Å²) in [5.74, 6) is 0.932. The van der Waals surface area contributed by atoms with Gasteiger partial charge in [0.2, 0.25) is 0 Å². The van der Waals surface area contributed by atoms with E-state index in [0.717, 1.165) is 42.0 Å². The van der Waals surface area contributed by atoms with Crippen molar-refractivity contribution in [2.45, 2.75) is 19.8 Å². The zero-order valence-electron chi connectivity index (χ0n) is 10.2. The van der Waals surface area contributed by atoms with Gasteiger partial charge in [-0.25, -0.2) is 9.97 Å². The highest BCUT2D eigenvalue weighted by Gasteiger charge is 2.07. The number of anilines is 1. The molecule has 0 atom stereocenters. The van der Waals surface area contributed by atoms with Crippen molar-refractivity contribution in [3.05, 3.63) is 17.3 Å². The zero-order chi connectivity index (χ0) is 12.1. The lowest BCUT2D eigenvalue weighted by Crippen LogP contribution is -2.06. The summed E-state index contributed by atoms with van der Waals surface area (Å²) >= 11 is 1.74. The van der Waals surface area contributed by atoms with Crippen LogP contribution in [0.1, 0.15) is 18.2 Å². The highest BCUT2D eigenvalue weighted by molar-refractivity contribution is 7.18. The molecule has 5 heteroatoms. The molecule has 0 saturated carbocycles. The number of methoxy groups -OCH3 is 1. The first kappa shape index (κ1) is 12.3. The molecule has 0 aromatic carbocycles. The lowest BCUT2D eigenvalue weighted by molar-refractivity contribution is 0.198. The lowest BCUT2D eigenvalue weighted by Gasteiger charge is -2.05. The van der Waals surface area contributed by atoms with Crippen LogP contribution in [0.4, 0.5) is 5.82 Å². The highest BCUT2D eigenvalue weighted by atomic mass is 32.1. The van der Waals surface area contributed by atoms with Gasteiger partial charge in [-0.1, -0.05) is 6.92 Å². The van der Waals surface area contributed by atoms with Crippen molar-refractivity contribution < 1.29 is 4.74 Å². The maximum Gasteiger partial charge on any atom is 0.138 e. The Kier molecular flexibility index (Phi) is 4.28. The van der Waals surface area contributed by atoms with E-state index in [1.54, 1.807) is 24.8 Å². The maximum absolute atomic E-state index is 5.02. The number of fused-ring (bicyclic) bond motifs is 1. The summed E-state index contributed by atoms with van der Waals surface area (Å²) in [6.45, 7) is 3.80. The molecule has 0 aliphatic carbocycles. The van der Waals surface area contributed by atoms with Crippen molar-refractivity contribution in [3.8, 4) is 0 Å². The minimum Gasteiger partial charge on any atom is -0.385 e. The van der Waals surface area contributed by atoms with Crippen LogP contribution in [0.15, 0.2) is 12.4 Å². The van der Waals surface area contributed by atoms with Crippen LogP contribution in [0.25, 0.3) is 10.2 Å². The van der Waals surface area contributed by atoms with Gasteiger partial charge in [0.05, 0.1) is 5.39 Å². The molecule has 0 amide bonds. The van der Waals surface area contributed by atoms with Crippen LogP contribution in [0.5, 0.6) is 0 Å². The van der Waals surface area contributed by atoms with Gasteiger partial charge in [0.1, 0.15) is 17.0 Å². The van der Waals surface area contributed by atoms with E-state index in [0.29, 0.717) is 0 Å². The van der Waals surface area contributed by atoms with Crippen LogP contribution in [0, 0.1) is 0 Å². The van der Waals surface area contributed by atoms with Crippen molar-refractivity contribution in [2.75, 3.05) is 25.6 Å². The van der Waals surface area contributed by atoms with Gasteiger partial charge >= 0.3 is 0 Å². The summed E-state index contributed by atoms with van der Waals surface area (Å²) in [7, 11) is 1.72. The van der Waals surface area contributed by atoms with E-state index in [1.807, 2.05) is 0 Å². The first-order valence-electron chi connectivity index (χ1n) is 5.81. The molecule has 0 radical (unpaired) electrons. The molecule has 0 unspecified atom stereocenters. The molecule has 2 aromatic heterocycles. The largest absolute Gasteiger partial charge is 0.385 e. The normalized spacial score (nSPS) is 10.9. The quantitative estimate of drug-likeness (QED) is 0.802. The monoisotopic (exact) mass is 251 g/mol. The SMILES string of the molecule is CCc1cc2c(NCCCOC)ncnc2s1. The average molecular weight is 251 g/mol. The van der Waals surface area contributed by atoms with Crippen LogP contribution in [0.3, 0.4) is 0 Å². The van der Waals surface area contributed by atoms with Crippen LogP contribution in [-0.2, 0) is 11.2 Å². The van der Waals surface area contributed by atoms with E-state index in [2.05, 4.69) is 28.3 Å². The van der Waals surface area contributed by atoms with Gasteiger partial charge in [-0.2, -0.15) is 0 Å². The number of thiophene rings is 1. The molecule has 92 valence electrons. The van der Waals surface area contributed by atoms with Crippen LogP contribution in [0.2, 0.25) is 0 Å². The van der Waals surface area contributed by atoms with Gasteiger partial charge in [-0.3, -0.25) is 0 Å². The third-order valence-electron chi connectivity index (χ3n) is 2.55. The third-order valence-corrected chi connectivity index (χ3v) is 3.73. The van der Waals surface area contributed by atoms with Crippen molar-refractivity contribution in [3.63, 3.8) is 0 Å². The van der Waals surface area contributed by atoms with Crippen LogP contribution < -0.4 is 5.32 Å². The topological polar surface area (TPSA) is 47.0 Å². The molecular formula is C12H17N3OS. The van der Waals surface area contributed by atoms with Crippen LogP contribution >= 0.6 is 11.3 Å². The molecule has 1 N–H and O–H groups in total. The number of ether oxygens (including phenoxy) is 1. The zero-order valence-corrected chi connectivity index (χ0v) is 11.0. The fraction of sp³-hybridized carbons (Fsp3) is 0.500. The first-order chi connectivity index (χ1) is 8.35. The smallest absolute Gasteiger partial charge is 0.138 e. The molecular weight excluding hydrogens is 234 g/mol. The summed E-state index contributed by atoms with van der Waals surface area (Å²) in [4.78, 5) is 11.0. The van der Waals surface area contributed by atoms with Crippen molar-refractivity contribution >= 4 is 27.4 Å². The number of aryl methyl sites for hydroxylation is 1. The molecule has 17 heavy (non-hydrogen) atoms. The van der Waals surface area contributed by atoms with Gasteiger partial charge < -0.3 is 10.1 Å². The Bertz CT molecular complexity index is 484. The summed E-state index contributed by atoms with van der Waals surface area (Å²) in [5.41, 5.74) is 0. The molecule has 2 aromatic rings. The van der Waals surface area contributed by atoms with E-state index in [9.17, 15) is 0 Å². The van der Waals surface area contributed by atoms with Gasteiger partial charge in [0.15, 0.2) is 0 Å². The number of rotatable bonds is 6. The Balaban J connectivity index is 2.13. The molecule has 2 rings (SSSR count). The predicted octanol–water partition coefficient (Wildman–Crippen LogP) is 2.70. The van der Waals surface area contributed by atoms with E-state index < -0.39 is 0 Å². The third kappa shape index (κ3) is 2.92. The van der Waals surface area contributed by atoms with Gasteiger partial charge in [-0.15, -0.1) is 11.3 Å². The number of hydrogen-bond donors (Lipinski definition) is 1. The minimum atomic E-state index is 0.769. The summed E-state index contributed by atoms with van der Waals surface area (Å²) in [6, 6.07) is 2.18. The second kappa shape index (κ2) is 5.93. The molecule has 0 saturated heterocycles. The molecule has 4 nitrogen and oxygen atoms in total. The summed E-state index contributed by atoms with van der Waals surface area (Å²) in [5, 5.41) is 4.47. The Morgan fingerprint density at radius 3 is 3.06 bits per heavy atom. The van der Waals surface area contributed by atoms with Gasteiger partial charge in [0.25, 0.3) is 0 Å². The van der Waals surface area contributed by atoms with Gasteiger partial charge in [-0.05, 0) is 18.9 Å². The molecule has 0 fully saturated rings. The number of nitrogens with zero attached hydrogens (tertiary/aromatic N) is 2. The minimum absolute atomic E-state index is 0.769. The highest BCUT2D eigenvalue weighted by Crippen LogP contribution is 2.28. The van der Waals surface area contributed by atoms with Crippen molar-refractivity contribution in [1.82, 2.24) is 9.97 Å². The summed E-state index contributed by atoms with van der Waals surface area (Å²) in [6.07, 6.45) is 3.65. The molecule has 0 bridgehead atoms. The summed E-state index contributed by atoms with van der Waals surface area (Å²) < 4.78 is 5.02. The Hall–Kier alpha value is -1.20. The first-order valence-corrected chi connectivity index (χ1v) is 6.63. The Morgan fingerprint density at radius 1 is 1.41 bits per heavy atom. The van der Waals surface area contributed by atoms with E-state index in [1.165, 1.54) is 4.88 Å². The second-order valence-electron chi connectivity index (χ2n) is 3.78. The van der Waals surface area contributed by atoms with Crippen molar-refractivity contribution in [1.29, 1.82) is 0 Å². The molecule has 0 spiro atoms. The van der Waals surface area contributed by atoms with Crippen molar-refractivity contribution in [2.24, 2.45) is 0 Å². The van der Waals surface area contributed by atoms with Gasteiger partial charge in [0, 0.05) is 25.1 Å². The number of hydrogen-bond acceptors (Lipinski definition) is 5. The standard InChI is InChI=1S/C12H17N3OS/c1-3-9-7-10-11(13-5-4-6-16-2)14-8-15-12(10)17-9/h7-8H,3-6H2,1-2H3,(H,13,14,15). The average Bonchev–Trinajstić information content (AvgIpc) is 2.78. The fourth-order valence-electron chi connectivity index (χ4n) is 1.64. The lowest BCUT2D eigenvalue weighted by atomic mass is 10.3. The maximum atomic E-state index is 5.02. The Labute approximate surface area is 105 Å². The van der Waals surface area contributed by atoms with E-state index in [4.69, 9.17) is 4.74 Å². The molecule has 0 aliphatic heterocycles. The molecule has 0 aliphatic rings. The predicted molar refractivity (Wildman–Crippen MR) is 71.8 cm³/mol. The second-order valence-corrected chi connectivity index (χ2v) is 4.90. The molecule has 2 heterocycles.